The molecule has 2 aromatic carbocycles. The number of nitrogens with two attached hydrogens (primary N) is 1. The first-order chi connectivity index (χ1) is 9.88. The Hall–Kier alpha value is -1.69. The summed E-state index contributed by atoms with van der Waals surface area (Å²) < 4.78 is 22.8. The van der Waals surface area contributed by atoms with E-state index in [0.717, 1.165) is 5.56 Å². The van der Waals surface area contributed by atoms with Gasteiger partial charge in [-0.15, -0.1) is 0 Å². The van der Waals surface area contributed by atoms with Crippen LogP contribution in [0.4, 0.5) is 0 Å². The second-order valence-electron chi connectivity index (χ2n) is 5.14. The monoisotopic (exact) mass is 304 g/mol. The number of hydrogen-bond acceptors (Lipinski definition) is 3. The van der Waals surface area contributed by atoms with Gasteiger partial charge in [-0.25, -0.2) is 13.6 Å². The summed E-state index contributed by atoms with van der Waals surface area (Å²) >= 11 is 0. The molecule has 5 heteroatoms. The van der Waals surface area contributed by atoms with Crippen molar-refractivity contribution in [3.63, 3.8) is 0 Å². The molecule has 21 heavy (non-hydrogen) atoms. The van der Waals surface area contributed by atoms with Crippen LogP contribution >= 0.6 is 0 Å². The predicted octanol–water partition coefficient (Wildman–Crippen LogP) is 2.75. The van der Waals surface area contributed by atoms with Crippen molar-refractivity contribution in [1.29, 1.82) is 0 Å². The number of rotatable bonds is 5. The fraction of sp³-hybridized carbons (Fsp3) is 0.250. The topological polar surface area (TPSA) is 72.2 Å². The molecule has 0 radical (unpaired) electrons. The summed E-state index contributed by atoms with van der Waals surface area (Å²) in [7, 11) is -3.67. The quantitative estimate of drug-likeness (QED) is 0.892. The molecule has 0 aromatic heterocycles. The average molecular weight is 304 g/mol. The van der Waals surface area contributed by atoms with E-state index in [4.69, 9.17) is 5.14 Å². The molecular weight excluding hydrogens is 284 g/mol. The first-order valence-corrected chi connectivity index (χ1v) is 8.36. The Bertz CT molecular complexity index is 699. The van der Waals surface area contributed by atoms with Crippen LogP contribution in [-0.2, 0) is 10.0 Å². The third-order valence-electron chi connectivity index (χ3n) is 3.49. The lowest BCUT2D eigenvalue weighted by atomic mass is 10.0. The van der Waals surface area contributed by atoms with Crippen molar-refractivity contribution in [3.8, 4) is 0 Å². The van der Waals surface area contributed by atoms with Gasteiger partial charge in [0, 0.05) is 12.1 Å². The van der Waals surface area contributed by atoms with Crippen LogP contribution in [0.25, 0.3) is 0 Å². The van der Waals surface area contributed by atoms with Crippen LogP contribution in [0, 0.1) is 0 Å². The molecule has 0 spiro atoms. The lowest BCUT2D eigenvalue weighted by molar-refractivity contribution is 0.494. The predicted molar refractivity (Wildman–Crippen MR) is 84.2 cm³/mol. The van der Waals surface area contributed by atoms with Gasteiger partial charge in [0.2, 0.25) is 10.0 Å². The van der Waals surface area contributed by atoms with Crippen LogP contribution in [0.1, 0.15) is 37.1 Å². The Labute approximate surface area is 126 Å². The summed E-state index contributed by atoms with van der Waals surface area (Å²) in [6.45, 7) is 4.08. The largest absolute Gasteiger partial charge is 0.304 e. The van der Waals surface area contributed by atoms with Gasteiger partial charge in [-0.1, -0.05) is 42.5 Å². The lowest BCUT2D eigenvalue weighted by Crippen LogP contribution is -2.23. The van der Waals surface area contributed by atoms with Crippen molar-refractivity contribution in [1.82, 2.24) is 5.32 Å². The maximum absolute atomic E-state index is 11.4. The number of hydrogen-bond donors (Lipinski definition) is 2. The van der Waals surface area contributed by atoms with Crippen molar-refractivity contribution in [2.45, 2.75) is 30.8 Å². The highest BCUT2D eigenvalue weighted by molar-refractivity contribution is 7.89. The minimum absolute atomic E-state index is 0.0157. The number of primary sulfonamides is 1. The van der Waals surface area contributed by atoms with Crippen molar-refractivity contribution in [3.05, 3.63) is 65.7 Å². The van der Waals surface area contributed by atoms with Crippen LogP contribution in [0.5, 0.6) is 0 Å². The molecule has 0 aliphatic carbocycles. The summed E-state index contributed by atoms with van der Waals surface area (Å²) in [5, 5.41) is 8.63. The van der Waals surface area contributed by atoms with Gasteiger partial charge in [0.15, 0.2) is 0 Å². The van der Waals surface area contributed by atoms with Crippen LogP contribution in [0.15, 0.2) is 59.5 Å². The second-order valence-corrected chi connectivity index (χ2v) is 6.70. The van der Waals surface area contributed by atoms with E-state index in [9.17, 15) is 8.42 Å². The summed E-state index contributed by atoms with van der Waals surface area (Å²) in [4.78, 5) is 0.140. The third kappa shape index (κ3) is 4.14. The van der Waals surface area contributed by atoms with Crippen molar-refractivity contribution in [2.24, 2.45) is 5.14 Å². The summed E-state index contributed by atoms with van der Waals surface area (Å²) in [6.07, 6.45) is 0. The van der Waals surface area contributed by atoms with Gasteiger partial charge in [-0.05, 0) is 37.1 Å². The number of benzene rings is 2. The Balaban J connectivity index is 2.16. The van der Waals surface area contributed by atoms with Crippen molar-refractivity contribution in [2.75, 3.05) is 0 Å². The molecule has 2 aromatic rings. The second kappa shape index (κ2) is 6.39. The molecular formula is C16H20N2O2S. The maximum Gasteiger partial charge on any atom is 0.238 e. The molecule has 1 unspecified atom stereocenters. The minimum Gasteiger partial charge on any atom is -0.304 e. The minimum atomic E-state index is -3.67. The van der Waals surface area contributed by atoms with Crippen LogP contribution in [0.2, 0.25) is 0 Å². The van der Waals surface area contributed by atoms with Gasteiger partial charge in [-0.2, -0.15) is 0 Å². The first-order valence-electron chi connectivity index (χ1n) is 6.81. The number of nitrogens with one attached hydrogen (secondary N) is 1. The smallest absolute Gasteiger partial charge is 0.238 e. The summed E-state index contributed by atoms with van der Waals surface area (Å²) in [5.74, 6) is 0. The van der Waals surface area contributed by atoms with Gasteiger partial charge in [0.1, 0.15) is 0 Å². The molecule has 2 atom stereocenters. The zero-order valence-corrected chi connectivity index (χ0v) is 13.0. The SMILES string of the molecule is CC(N[C@H](C)c1ccccc1)c1cccc(S(N)(=O)=O)c1. The molecule has 3 N–H and O–H groups in total. The van der Waals surface area contributed by atoms with E-state index >= 15 is 0 Å². The highest BCUT2D eigenvalue weighted by atomic mass is 32.2. The maximum atomic E-state index is 11.4. The van der Waals surface area contributed by atoms with E-state index in [1.807, 2.05) is 31.2 Å². The first kappa shape index (κ1) is 15.7. The molecule has 0 fully saturated rings. The molecule has 112 valence electrons. The molecule has 0 heterocycles. The summed E-state index contributed by atoms with van der Waals surface area (Å²) in [5.41, 5.74) is 2.08. The molecule has 0 amide bonds. The molecule has 0 saturated carbocycles. The van der Waals surface area contributed by atoms with E-state index in [1.165, 1.54) is 11.6 Å². The standard InChI is InChI=1S/C16H20N2O2S/c1-12(14-7-4-3-5-8-14)18-13(2)15-9-6-10-16(11-15)21(17,19)20/h3-13,18H,1-2H3,(H2,17,19,20)/t12-,13?/m1/s1. The van der Waals surface area contributed by atoms with Crippen LogP contribution < -0.4 is 10.5 Å². The molecule has 0 aliphatic rings. The average Bonchev–Trinajstić information content (AvgIpc) is 2.47. The summed E-state index contributed by atoms with van der Waals surface area (Å²) in [6, 6.07) is 17.0. The Morgan fingerprint density at radius 2 is 1.48 bits per heavy atom. The zero-order chi connectivity index (χ0) is 15.5. The van der Waals surface area contributed by atoms with E-state index in [-0.39, 0.29) is 17.0 Å². The molecule has 2 rings (SSSR count). The third-order valence-corrected chi connectivity index (χ3v) is 4.40. The molecule has 0 bridgehead atoms. The van der Waals surface area contributed by atoms with Gasteiger partial charge in [0.25, 0.3) is 0 Å². The van der Waals surface area contributed by atoms with E-state index in [1.54, 1.807) is 12.1 Å². The van der Waals surface area contributed by atoms with Crippen LogP contribution in [0.3, 0.4) is 0 Å². The Morgan fingerprint density at radius 1 is 0.905 bits per heavy atom. The van der Waals surface area contributed by atoms with E-state index < -0.39 is 10.0 Å². The highest BCUT2D eigenvalue weighted by Crippen LogP contribution is 2.21. The lowest BCUT2D eigenvalue weighted by Gasteiger charge is -2.21. The highest BCUT2D eigenvalue weighted by Gasteiger charge is 2.14. The fourth-order valence-corrected chi connectivity index (χ4v) is 2.84. The Morgan fingerprint density at radius 3 is 2.10 bits per heavy atom. The van der Waals surface area contributed by atoms with Gasteiger partial charge in [-0.3, -0.25) is 0 Å². The molecule has 0 saturated heterocycles. The van der Waals surface area contributed by atoms with Crippen molar-refractivity contribution < 1.29 is 8.42 Å². The number of sulfonamides is 1. The molecule has 4 nitrogen and oxygen atoms in total. The van der Waals surface area contributed by atoms with Gasteiger partial charge in [0.05, 0.1) is 4.90 Å². The van der Waals surface area contributed by atoms with Gasteiger partial charge < -0.3 is 5.32 Å². The normalized spacial score (nSPS) is 14.6. The van der Waals surface area contributed by atoms with Crippen LogP contribution in [-0.4, -0.2) is 8.42 Å². The van der Waals surface area contributed by atoms with E-state index in [0.29, 0.717) is 0 Å². The van der Waals surface area contributed by atoms with Crippen molar-refractivity contribution >= 4 is 10.0 Å². The Kier molecular flexibility index (Phi) is 4.77. The van der Waals surface area contributed by atoms with E-state index in [2.05, 4.69) is 24.4 Å². The zero-order valence-electron chi connectivity index (χ0n) is 12.2. The van der Waals surface area contributed by atoms with Gasteiger partial charge >= 0.3 is 0 Å². The molecule has 0 aliphatic heterocycles. The fourth-order valence-electron chi connectivity index (χ4n) is 2.27.